The van der Waals surface area contributed by atoms with Crippen LogP contribution >= 0.6 is 0 Å². The molecule has 0 amide bonds. The minimum Gasteiger partial charge on any atom is -0.382 e. The number of nitrogens with two attached hydrogens (primary N) is 1. The van der Waals surface area contributed by atoms with Crippen LogP contribution in [0.2, 0.25) is 0 Å². The molecule has 1 fully saturated rings. The highest BCUT2D eigenvalue weighted by Crippen LogP contribution is 2.16. The van der Waals surface area contributed by atoms with Crippen LogP contribution < -0.4 is 10.5 Å². The number of nitrogens with one attached hydrogen (secondary N) is 1. The first-order valence-electron chi connectivity index (χ1n) is 5.97. The number of rotatable bonds is 4. The lowest BCUT2D eigenvalue weighted by molar-refractivity contribution is 0.0904. The molecule has 1 aliphatic heterocycles. The summed E-state index contributed by atoms with van der Waals surface area (Å²) in [5.41, 5.74) is 1.70. The molecule has 1 aromatic rings. The molecule has 100 valence electrons. The van der Waals surface area contributed by atoms with Gasteiger partial charge < -0.3 is 10.1 Å². The second-order valence-electron chi connectivity index (χ2n) is 4.54. The Morgan fingerprint density at radius 1 is 1.22 bits per heavy atom. The Morgan fingerprint density at radius 3 is 2.39 bits per heavy atom. The average molecular weight is 270 g/mol. The number of sulfonamides is 1. The summed E-state index contributed by atoms with van der Waals surface area (Å²) in [7, 11) is -3.45. The van der Waals surface area contributed by atoms with E-state index in [1.165, 1.54) is 0 Å². The van der Waals surface area contributed by atoms with Crippen LogP contribution in [0.25, 0.3) is 0 Å². The van der Waals surface area contributed by atoms with Gasteiger partial charge in [-0.05, 0) is 30.5 Å². The van der Waals surface area contributed by atoms with Crippen LogP contribution in [-0.4, -0.2) is 27.7 Å². The molecule has 6 heteroatoms. The van der Waals surface area contributed by atoms with Crippen molar-refractivity contribution in [3.63, 3.8) is 0 Å². The Labute approximate surface area is 107 Å². The fourth-order valence-electron chi connectivity index (χ4n) is 2.01. The number of primary sulfonamides is 1. The van der Waals surface area contributed by atoms with Crippen LogP contribution in [0.1, 0.15) is 18.4 Å². The van der Waals surface area contributed by atoms with Gasteiger partial charge in [-0.2, -0.15) is 0 Å². The van der Waals surface area contributed by atoms with Crippen molar-refractivity contribution in [3.8, 4) is 0 Å². The summed E-state index contributed by atoms with van der Waals surface area (Å²) >= 11 is 0. The van der Waals surface area contributed by atoms with Crippen LogP contribution in [0, 0.1) is 0 Å². The molecule has 0 saturated carbocycles. The van der Waals surface area contributed by atoms with Crippen LogP contribution in [-0.2, 0) is 20.5 Å². The van der Waals surface area contributed by atoms with Crippen molar-refractivity contribution in [3.05, 3.63) is 29.8 Å². The summed E-state index contributed by atoms with van der Waals surface area (Å²) in [4.78, 5) is 0. The van der Waals surface area contributed by atoms with Crippen molar-refractivity contribution >= 4 is 15.7 Å². The van der Waals surface area contributed by atoms with E-state index in [2.05, 4.69) is 5.32 Å². The Morgan fingerprint density at radius 2 is 1.83 bits per heavy atom. The topological polar surface area (TPSA) is 81.4 Å². The van der Waals surface area contributed by atoms with Gasteiger partial charge in [0.2, 0.25) is 10.0 Å². The van der Waals surface area contributed by atoms with Gasteiger partial charge in [0.25, 0.3) is 0 Å². The van der Waals surface area contributed by atoms with Gasteiger partial charge >= 0.3 is 0 Å². The maximum atomic E-state index is 11.0. The number of hydrogen-bond donors (Lipinski definition) is 2. The second kappa shape index (κ2) is 5.69. The van der Waals surface area contributed by atoms with Crippen molar-refractivity contribution in [2.24, 2.45) is 5.14 Å². The summed E-state index contributed by atoms with van der Waals surface area (Å²) in [6, 6.07) is 7.77. The molecule has 0 aromatic heterocycles. The molecule has 0 aliphatic carbocycles. The van der Waals surface area contributed by atoms with E-state index in [0.717, 1.165) is 31.7 Å². The van der Waals surface area contributed by atoms with Crippen molar-refractivity contribution in [2.75, 3.05) is 18.5 Å². The van der Waals surface area contributed by atoms with E-state index in [4.69, 9.17) is 9.88 Å². The largest absolute Gasteiger partial charge is 0.382 e. The van der Waals surface area contributed by atoms with E-state index in [0.29, 0.717) is 11.6 Å². The molecule has 1 aromatic carbocycles. The molecule has 0 radical (unpaired) electrons. The highest BCUT2D eigenvalue weighted by atomic mass is 32.2. The second-order valence-corrected chi connectivity index (χ2v) is 6.15. The summed E-state index contributed by atoms with van der Waals surface area (Å²) < 4.78 is 27.2. The van der Waals surface area contributed by atoms with Crippen LogP contribution in [0.15, 0.2) is 24.3 Å². The van der Waals surface area contributed by atoms with Crippen LogP contribution in [0.4, 0.5) is 5.69 Å². The number of ether oxygens (including phenoxy) is 1. The third-order valence-corrected chi connectivity index (χ3v) is 3.65. The third-order valence-electron chi connectivity index (χ3n) is 2.91. The van der Waals surface area contributed by atoms with Crippen LogP contribution in [0.5, 0.6) is 0 Å². The molecule has 5 nitrogen and oxygen atoms in total. The molecule has 2 rings (SSSR count). The Bertz CT molecular complexity index is 479. The van der Waals surface area contributed by atoms with Crippen molar-refractivity contribution < 1.29 is 13.2 Å². The zero-order valence-electron chi connectivity index (χ0n) is 10.1. The minimum atomic E-state index is -3.45. The van der Waals surface area contributed by atoms with E-state index >= 15 is 0 Å². The SMILES string of the molecule is NS(=O)(=O)Cc1ccc(NC2CCOCC2)cc1. The van der Waals surface area contributed by atoms with Gasteiger partial charge in [-0.15, -0.1) is 0 Å². The third kappa shape index (κ3) is 4.29. The monoisotopic (exact) mass is 270 g/mol. The lowest BCUT2D eigenvalue weighted by atomic mass is 10.1. The summed E-state index contributed by atoms with van der Waals surface area (Å²) in [5.74, 6) is -0.120. The fourth-order valence-corrected chi connectivity index (χ4v) is 2.66. The number of benzene rings is 1. The molecule has 0 bridgehead atoms. The van der Waals surface area contributed by atoms with Gasteiger partial charge in [-0.3, -0.25) is 0 Å². The molecule has 1 aliphatic rings. The van der Waals surface area contributed by atoms with E-state index in [-0.39, 0.29) is 5.75 Å². The average Bonchev–Trinajstić information content (AvgIpc) is 2.31. The van der Waals surface area contributed by atoms with Crippen molar-refractivity contribution in [1.82, 2.24) is 0 Å². The van der Waals surface area contributed by atoms with Gasteiger partial charge in [0.15, 0.2) is 0 Å². The highest BCUT2D eigenvalue weighted by Gasteiger charge is 2.13. The first kappa shape index (κ1) is 13.3. The molecule has 1 saturated heterocycles. The van der Waals surface area contributed by atoms with E-state index in [9.17, 15) is 8.42 Å². The Hall–Kier alpha value is -1.11. The maximum Gasteiger partial charge on any atom is 0.213 e. The quantitative estimate of drug-likeness (QED) is 0.857. The van der Waals surface area contributed by atoms with Gasteiger partial charge in [0, 0.05) is 24.9 Å². The van der Waals surface area contributed by atoms with E-state index in [1.807, 2.05) is 12.1 Å². The molecule has 3 N–H and O–H groups in total. The fraction of sp³-hybridized carbons (Fsp3) is 0.500. The lowest BCUT2D eigenvalue weighted by Crippen LogP contribution is -2.27. The molecular weight excluding hydrogens is 252 g/mol. The number of hydrogen-bond acceptors (Lipinski definition) is 4. The predicted molar refractivity (Wildman–Crippen MR) is 70.7 cm³/mol. The van der Waals surface area contributed by atoms with Crippen molar-refractivity contribution in [2.45, 2.75) is 24.6 Å². The minimum absolute atomic E-state index is 0.120. The first-order chi connectivity index (χ1) is 8.53. The summed E-state index contributed by atoms with van der Waals surface area (Å²) in [5, 5.41) is 8.41. The molecule has 0 spiro atoms. The van der Waals surface area contributed by atoms with Gasteiger partial charge in [-0.1, -0.05) is 12.1 Å². The zero-order valence-corrected chi connectivity index (χ0v) is 10.9. The Kier molecular flexibility index (Phi) is 4.21. The van der Waals surface area contributed by atoms with Crippen molar-refractivity contribution in [1.29, 1.82) is 0 Å². The smallest absolute Gasteiger partial charge is 0.213 e. The molecule has 0 atom stereocenters. The predicted octanol–water partition coefficient (Wildman–Crippen LogP) is 1.07. The highest BCUT2D eigenvalue weighted by molar-refractivity contribution is 7.88. The summed E-state index contributed by atoms with van der Waals surface area (Å²) in [6.45, 7) is 1.59. The molecule has 18 heavy (non-hydrogen) atoms. The first-order valence-corrected chi connectivity index (χ1v) is 7.68. The maximum absolute atomic E-state index is 11.0. The van der Waals surface area contributed by atoms with E-state index < -0.39 is 10.0 Å². The van der Waals surface area contributed by atoms with Gasteiger partial charge in [-0.25, -0.2) is 13.6 Å². The molecular formula is C12H18N2O3S. The van der Waals surface area contributed by atoms with Gasteiger partial charge in [0.05, 0.1) is 5.75 Å². The Balaban J connectivity index is 1.94. The van der Waals surface area contributed by atoms with Crippen LogP contribution in [0.3, 0.4) is 0 Å². The summed E-state index contributed by atoms with van der Waals surface area (Å²) in [6.07, 6.45) is 2.00. The normalized spacial score (nSPS) is 17.6. The zero-order chi connectivity index (χ0) is 13.0. The molecule has 0 unspecified atom stereocenters. The standard InChI is InChI=1S/C12H18N2O3S/c13-18(15,16)9-10-1-3-11(4-2-10)14-12-5-7-17-8-6-12/h1-4,12,14H,5-9H2,(H2,13,15,16). The van der Waals surface area contributed by atoms with E-state index in [1.54, 1.807) is 12.1 Å². The lowest BCUT2D eigenvalue weighted by Gasteiger charge is -2.24. The molecule has 1 heterocycles. The number of anilines is 1. The van der Waals surface area contributed by atoms with Gasteiger partial charge in [0.1, 0.15) is 0 Å².